The lowest BCUT2D eigenvalue weighted by atomic mass is 9.86. The third-order valence-corrected chi connectivity index (χ3v) is 3.78. The molecule has 0 aliphatic heterocycles. The zero-order chi connectivity index (χ0) is 13.7. The molecule has 1 amide bonds. The molecule has 0 radical (unpaired) electrons. The Labute approximate surface area is 114 Å². The van der Waals surface area contributed by atoms with E-state index in [0.717, 1.165) is 36.8 Å². The predicted octanol–water partition coefficient (Wildman–Crippen LogP) is 1.31. The maximum atomic E-state index is 12.0. The highest BCUT2D eigenvalue weighted by Gasteiger charge is 2.24. The Morgan fingerprint density at radius 2 is 1.95 bits per heavy atom. The second-order valence-electron chi connectivity index (χ2n) is 5.31. The van der Waals surface area contributed by atoms with Gasteiger partial charge < -0.3 is 16.2 Å². The molecule has 1 aromatic rings. The Hall–Kier alpha value is -1.39. The summed E-state index contributed by atoms with van der Waals surface area (Å²) in [5.74, 6) is 0.238. The van der Waals surface area contributed by atoms with E-state index in [1.807, 2.05) is 24.3 Å². The van der Waals surface area contributed by atoms with Gasteiger partial charge in [-0.15, -0.1) is 0 Å². The lowest BCUT2D eigenvalue weighted by molar-refractivity contribution is -0.126. The van der Waals surface area contributed by atoms with E-state index < -0.39 is 0 Å². The molecule has 19 heavy (non-hydrogen) atoms. The second-order valence-corrected chi connectivity index (χ2v) is 5.31. The average molecular weight is 262 g/mol. The summed E-state index contributed by atoms with van der Waals surface area (Å²) in [5, 5.41) is 12.0. The molecule has 1 aliphatic carbocycles. The van der Waals surface area contributed by atoms with Crippen LogP contribution in [0.4, 0.5) is 0 Å². The molecule has 0 unspecified atom stereocenters. The molecule has 1 saturated carbocycles. The smallest absolute Gasteiger partial charge is 0.223 e. The molecule has 104 valence electrons. The first-order valence-corrected chi connectivity index (χ1v) is 6.91. The quantitative estimate of drug-likeness (QED) is 0.766. The van der Waals surface area contributed by atoms with E-state index in [9.17, 15) is 4.79 Å². The molecular formula is C15H22N2O2. The first-order valence-electron chi connectivity index (χ1n) is 6.91. The normalized spacial score (nSPS) is 23.1. The molecular weight excluding hydrogens is 240 g/mol. The van der Waals surface area contributed by atoms with Crippen LogP contribution in [0.3, 0.4) is 0 Å². The second kappa shape index (κ2) is 6.68. The SMILES string of the molecule is NC1CCC(C(=O)NCc2cccc(CO)c2)CC1. The first kappa shape index (κ1) is 14.0. The number of benzene rings is 1. The molecule has 4 nitrogen and oxygen atoms in total. The van der Waals surface area contributed by atoms with Gasteiger partial charge in [0.05, 0.1) is 6.61 Å². The Morgan fingerprint density at radius 1 is 1.26 bits per heavy atom. The van der Waals surface area contributed by atoms with Crippen LogP contribution in [-0.2, 0) is 17.9 Å². The minimum atomic E-state index is 0.0301. The Balaban J connectivity index is 1.82. The Morgan fingerprint density at radius 3 is 2.63 bits per heavy atom. The van der Waals surface area contributed by atoms with Gasteiger partial charge in [-0.1, -0.05) is 24.3 Å². The number of carbonyl (C=O) groups is 1. The summed E-state index contributed by atoms with van der Waals surface area (Å²) < 4.78 is 0. The molecule has 0 saturated heterocycles. The number of rotatable bonds is 4. The fourth-order valence-electron chi connectivity index (χ4n) is 2.55. The van der Waals surface area contributed by atoms with Gasteiger partial charge in [0.2, 0.25) is 5.91 Å². The van der Waals surface area contributed by atoms with E-state index in [1.54, 1.807) is 0 Å². The molecule has 1 fully saturated rings. The van der Waals surface area contributed by atoms with Crippen LogP contribution in [0.25, 0.3) is 0 Å². The van der Waals surface area contributed by atoms with Gasteiger partial charge in [0.15, 0.2) is 0 Å². The van der Waals surface area contributed by atoms with Crippen molar-refractivity contribution < 1.29 is 9.90 Å². The van der Waals surface area contributed by atoms with Gasteiger partial charge >= 0.3 is 0 Å². The number of hydrogen-bond donors (Lipinski definition) is 3. The van der Waals surface area contributed by atoms with Crippen molar-refractivity contribution in [3.63, 3.8) is 0 Å². The molecule has 4 N–H and O–H groups in total. The number of aliphatic hydroxyl groups is 1. The lowest BCUT2D eigenvalue weighted by Gasteiger charge is -2.25. The Bertz CT molecular complexity index is 426. The van der Waals surface area contributed by atoms with Crippen LogP contribution in [0.5, 0.6) is 0 Å². The number of nitrogens with one attached hydrogen (secondary N) is 1. The number of nitrogens with two attached hydrogens (primary N) is 1. The number of hydrogen-bond acceptors (Lipinski definition) is 3. The minimum absolute atomic E-state index is 0.0301. The molecule has 1 aromatic carbocycles. The van der Waals surface area contributed by atoms with Gasteiger partial charge in [-0.05, 0) is 36.8 Å². The highest BCUT2D eigenvalue weighted by atomic mass is 16.3. The fraction of sp³-hybridized carbons (Fsp3) is 0.533. The number of aliphatic hydroxyl groups excluding tert-OH is 1. The fourth-order valence-corrected chi connectivity index (χ4v) is 2.55. The molecule has 0 aromatic heterocycles. The van der Waals surface area contributed by atoms with Crippen LogP contribution < -0.4 is 11.1 Å². The van der Waals surface area contributed by atoms with Crippen molar-refractivity contribution in [2.75, 3.05) is 0 Å². The van der Waals surface area contributed by atoms with Crippen molar-refractivity contribution in [1.82, 2.24) is 5.32 Å². The monoisotopic (exact) mass is 262 g/mol. The molecule has 0 bridgehead atoms. The summed E-state index contributed by atoms with van der Waals surface area (Å²) in [7, 11) is 0. The predicted molar refractivity (Wildman–Crippen MR) is 74.1 cm³/mol. The van der Waals surface area contributed by atoms with Gasteiger partial charge in [0.25, 0.3) is 0 Å². The summed E-state index contributed by atoms with van der Waals surface area (Å²) in [6.45, 7) is 0.553. The van der Waals surface area contributed by atoms with Crippen LogP contribution in [0, 0.1) is 5.92 Å². The zero-order valence-corrected chi connectivity index (χ0v) is 11.1. The standard InChI is InChI=1S/C15H22N2O2/c16-14-6-4-13(5-7-14)15(19)17-9-11-2-1-3-12(8-11)10-18/h1-3,8,13-14,18H,4-7,9-10,16H2,(H,17,19). The van der Waals surface area contributed by atoms with Crippen LogP contribution in [0.2, 0.25) is 0 Å². The molecule has 0 atom stereocenters. The van der Waals surface area contributed by atoms with Crippen molar-refractivity contribution in [2.45, 2.75) is 44.9 Å². The van der Waals surface area contributed by atoms with Crippen molar-refractivity contribution in [1.29, 1.82) is 0 Å². The minimum Gasteiger partial charge on any atom is -0.392 e. The third-order valence-electron chi connectivity index (χ3n) is 3.78. The third kappa shape index (κ3) is 4.04. The van der Waals surface area contributed by atoms with E-state index in [4.69, 9.17) is 10.8 Å². The van der Waals surface area contributed by atoms with Gasteiger partial charge in [0, 0.05) is 18.5 Å². The molecule has 0 heterocycles. The number of carbonyl (C=O) groups excluding carboxylic acids is 1. The average Bonchev–Trinajstić information content (AvgIpc) is 2.46. The van der Waals surface area contributed by atoms with Crippen LogP contribution in [0.15, 0.2) is 24.3 Å². The topological polar surface area (TPSA) is 75.4 Å². The molecule has 4 heteroatoms. The highest BCUT2D eigenvalue weighted by Crippen LogP contribution is 2.23. The van der Waals surface area contributed by atoms with E-state index in [0.29, 0.717) is 6.54 Å². The van der Waals surface area contributed by atoms with Gasteiger partial charge in [-0.3, -0.25) is 4.79 Å². The van der Waals surface area contributed by atoms with Gasteiger partial charge in [-0.25, -0.2) is 0 Å². The van der Waals surface area contributed by atoms with Crippen molar-refractivity contribution in [2.24, 2.45) is 11.7 Å². The van der Waals surface area contributed by atoms with E-state index in [2.05, 4.69) is 5.32 Å². The van der Waals surface area contributed by atoms with Crippen molar-refractivity contribution in [3.8, 4) is 0 Å². The van der Waals surface area contributed by atoms with Gasteiger partial charge in [0.1, 0.15) is 0 Å². The van der Waals surface area contributed by atoms with E-state index >= 15 is 0 Å². The van der Waals surface area contributed by atoms with E-state index in [1.165, 1.54) is 0 Å². The largest absolute Gasteiger partial charge is 0.392 e. The molecule has 0 spiro atoms. The van der Waals surface area contributed by atoms with Crippen molar-refractivity contribution >= 4 is 5.91 Å². The highest BCUT2D eigenvalue weighted by molar-refractivity contribution is 5.78. The maximum Gasteiger partial charge on any atom is 0.223 e. The van der Waals surface area contributed by atoms with Gasteiger partial charge in [-0.2, -0.15) is 0 Å². The maximum absolute atomic E-state index is 12.0. The summed E-state index contributed by atoms with van der Waals surface area (Å²) in [4.78, 5) is 12.0. The first-order chi connectivity index (χ1) is 9.19. The molecule has 2 rings (SSSR count). The lowest BCUT2D eigenvalue weighted by Crippen LogP contribution is -2.35. The zero-order valence-electron chi connectivity index (χ0n) is 11.1. The van der Waals surface area contributed by atoms with Crippen LogP contribution in [-0.4, -0.2) is 17.1 Å². The van der Waals surface area contributed by atoms with Crippen LogP contribution in [0.1, 0.15) is 36.8 Å². The van der Waals surface area contributed by atoms with Crippen LogP contribution >= 0.6 is 0 Å². The molecule has 1 aliphatic rings. The summed E-state index contributed by atoms with van der Waals surface area (Å²) >= 11 is 0. The van der Waals surface area contributed by atoms with E-state index in [-0.39, 0.29) is 24.5 Å². The summed E-state index contributed by atoms with van der Waals surface area (Å²) in [6.07, 6.45) is 3.67. The summed E-state index contributed by atoms with van der Waals surface area (Å²) in [6, 6.07) is 7.90. The number of amides is 1. The summed E-state index contributed by atoms with van der Waals surface area (Å²) in [5.41, 5.74) is 7.73. The van der Waals surface area contributed by atoms with Crippen molar-refractivity contribution in [3.05, 3.63) is 35.4 Å². The Kier molecular flexibility index (Phi) is 4.93.